The number of benzene rings is 1. The van der Waals surface area contributed by atoms with E-state index in [1.165, 1.54) is 11.1 Å². The van der Waals surface area contributed by atoms with Crippen molar-refractivity contribution in [3.05, 3.63) is 47.2 Å². The number of carbonyl (C=O) groups is 1. The van der Waals surface area contributed by atoms with Crippen molar-refractivity contribution in [2.24, 2.45) is 0 Å². The fraction of sp³-hybridized carbons (Fsp3) is 0.474. The van der Waals surface area contributed by atoms with Crippen LogP contribution in [0, 0.1) is 0 Å². The molecule has 2 N–H and O–H groups in total. The monoisotopic (exact) mass is 340 g/mol. The van der Waals surface area contributed by atoms with E-state index < -0.39 is 0 Å². The third-order valence-electron chi connectivity index (χ3n) is 5.41. The molecule has 1 saturated heterocycles. The van der Waals surface area contributed by atoms with E-state index in [1.807, 2.05) is 27.9 Å². The third kappa shape index (κ3) is 3.02. The molecular formula is C19H24N4O2. The van der Waals surface area contributed by atoms with Crippen molar-refractivity contribution in [3.63, 3.8) is 0 Å². The van der Waals surface area contributed by atoms with Gasteiger partial charge in [-0.3, -0.25) is 9.48 Å². The van der Waals surface area contributed by atoms with Crippen molar-refractivity contribution in [3.8, 4) is 0 Å². The number of hydrogen-bond donors (Lipinski definition) is 1. The van der Waals surface area contributed by atoms with E-state index in [9.17, 15) is 4.79 Å². The van der Waals surface area contributed by atoms with Crippen molar-refractivity contribution >= 4 is 11.7 Å². The van der Waals surface area contributed by atoms with Gasteiger partial charge in [-0.2, -0.15) is 5.10 Å². The Hall–Kier alpha value is -2.34. The zero-order chi connectivity index (χ0) is 17.4. The molecular weight excluding hydrogens is 316 g/mol. The number of nitrogens with zero attached hydrogens (tertiary/aromatic N) is 3. The van der Waals surface area contributed by atoms with Gasteiger partial charge in [0.25, 0.3) is 5.91 Å². The van der Waals surface area contributed by atoms with Gasteiger partial charge in [-0.15, -0.1) is 0 Å². The fourth-order valence-electron chi connectivity index (χ4n) is 4.14. The Labute approximate surface area is 147 Å². The first kappa shape index (κ1) is 16.1. The molecule has 2 aliphatic rings. The molecule has 1 aromatic carbocycles. The molecule has 0 spiro atoms. The number of nitrogens with two attached hydrogens (primary N) is 1. The molecule has 132 valence electrons. The Balaban J connectivity index is 1.60. The maximum atomic E-state index is 13.3. The van der Waals surface area contributed by atoms with Crippen molar-refractivity contribution in [2.45, 2.75) is 44.4 Å². The normalized spacial score (nSPS) is 22.4. The molecule has 0 saturated carbocycles. The number of amides is 1. The highest BCUT2D eigenvalue weighted by molar-refractivity contribution is 5.96. The van der Waals surface area contributed by atoms with Gasteiger partial charge in [-0.05, 0) is 48.9 Å². The van der Waals surface area contributed by atoms with Gasteiger partial charge in [0.05, 0.1) is 18.7 Å². The molecule has 0 unspecified atom stereocenters. The summed E-state index contributed by atoms with van der Waals surface area (Å²) in [6.45, 7) is 1.26. The van der Waals surface area contributed by atoms with Gasteiger partial charge in [0, 0.05) is 25.4 Å². The largest absolute Gasteiger partial charge is 0.382 e. The molecule has 2 atom stereocenters. The first-order chi connectivity index (χ1) is 12.2. The van der Waals surface area contributed by atoms with Crippen LogP contribution < -0.4 is 5.73 Å². The highest BCUT2D eigenvalue weighted by atomic mass is 16.5. The molecule has 1 aliphatic carbocycles. The topological polar surface area (TPSA) is 73.4 Å². The number of methoxy groups -OCH3 is 1. The van der Waals surface area contributed by atoms with Gasteiger partial charge in [0.15, 0.2) is 0 Å². The third-order valence-corrected chi connectivity index (χ3v) is 5.41. The Morgan fingerprint density at radius 2 is 2.24 bits per heavy atom. The summed E-state index contributed by atoms with van der Waals surface area (Å²) in [5.74, 6) is 0.614. The van der Waals surface area contributed by atoms with Gasteiger partial charge >= 0.3 is 0 Å². The van der Waals surface area contributed by atoms with E-state index in [-0.39, 0.29) is 18.1 Å². The molecule has 0 bridgehead atoms. The summed E-state index contributed by atoms with van der Waals surface area (Å²) in [7, 11) is 1.71. The number of aromatic nitrogens is 2. The number of rotatable bonds is 4. The van der Waals surface area contributed by atoms with E-state index in [1.54, 1.807) is 13.2 Å². The summed E-state index contributed by atoms with van der Waals surface area (Å²) in [5, 5.41) is 4.27. The van der Waals surface area contributed by atoms with Gasteiger partial charge in [0.2, 0.25) is 0 Å². The lowest BCUT2D eigenvalue weighted by Gasteiger charge is -2.25. The van der Waals surface area contributed by atoms with Gasteiger partial charge in [-0.1, -0.05) is 12.1 Å². The average Bonchev–Trinajstić information content (AvgIpc) is 3.33. The lowest BCUT2D eigenvalue weighted by molar-refractivity contribution is 0.0678. The number of anilines is 1. The molecule has 0 radical (unpaired) electrons. The summed E-state index contributed by atoms with van der Waals surface area (Å²) in [5.41, 5.74) is 9.13. The molecule has 1 aliphatic heterocycles. The van der Waals surface area contributed by atoms with Crippen LogP contribution in [0.4, 0.5) is 5.82 Å². The van der Waals surface area contributed by atoms with Gasteiger partial charge in [0.1, 0.15) is 5.82 Å². The molecule has 4 rings (SSSR count). The average molecular weight is 340 g/mol. The summed E-state index contributed by atoms with van der Waals surface area (Å²) in [6, 6.07) is 7.96. The summed E-state index contributed by atoms with van der Waals surface area (Å²) < 4.78 is 7.36. The first-order valence-corrected chi connectivity index (χ1v) is 8.89. The standard InChI is InChI=1S/C19H24N4O2/c1-25-15-10-14(11-22-9-8-18(20)21-22)23(12-15)19(24)17-7-3-5-13-4-2-6-16(13)17/h3,5,7-9,14-15H,2,4,6,10-12H2,1H3,(H2,20,21)/t14-,15+/m0/s1. The highest BCUT2D eigenvalue weighted by Crippen LogP contribution is 2.29. The number of carbonyl (C=O) groups excluding carboxylic acids is 1. The van der Waals surface area contributed by atoms with Gasteiger partial charge in [-0.25, -0.2) is 0 Å². The van der Waals surface area contributed by atoms with Crippen molar-refractivity contribution in [1.82, 2.24) is 14.7 Å². The Morgan fingerprint density at radius 3 is 3.00 bits per heavy atom. The number of aryl methyl sites for hydroxylation is 1. The minimum absolute atomic E-state index is 0.0639. The minimum Gasteiger partial charge on any atom is -0.382 e. The van der Waals surface area contributed by atoms with E-state index >= 15 is 0 Å². The van der Waals surface area contributed by atoms with Crippen LogP contribution in [-0.2, 0) is 24.1 Å². The lowest BCUT2D eigenvalue weighted by Crippen LogP contribution is -2.39. The molecule has 1 amide bonds. The summed E-state index contributed by atoms with van der Waals surface area (Å²) >= 11 is 0. The molecule has 2 heterocycles. The van der Waals surface area contributed by atoms with Crippen molar-refractivity contribution < 1.29 is 9.53 Å². The quantitative estimate of drug-likeness (QED) is 0.922. The number of nitrogen functional groups attached to an aromatic ring is 1. The van der Waals surface area contributed by atoms with Crippen LogP contribution >= 0.6 is 0 Å². The van der Waals surface area contributed by atoms with Crippen molar-refractivity contribution in [1.29, 1.82) is 0 Å². The highest BCUT2D eigenvalue weighted by Gasteiger charge is 2.37. The molecule has 6 nitrogen and oxygen atoms in total. The van der Waals surface area contributed by atoms with Crippen LogP contribution in [0.1, 0.15) is 34.3 Å². The van der Waals surface area contributed by atoms with E-state index in [2.05, 4.69) is 11.2 Å². The Kier molecular flexibility index (Phi) is 4.21. The molecule has 1 fully saturated rings. The van der Waals surface area contributed by atoms with Crippen LogP contribution in [0.15, 0.2) is 30.5 Å². The number of fused-ring (bicyclic) bond motifs is 1. The van der Waals surface area contributed by atoms with Crippen molar-refractivity contribution in [2.75, 3.05) is 19.4 Å². The van der Waals surface area contributed by atoms with Crippen LogP contribution in [0.2, 0.25) is 0 Å². The SMILES string of the molecule is CO[C@@H]1C[C@@H](Cn2ccc(N)n2)N(C(=O)c2cccc3c2CCC3)C1. The predicted molar refractivity (Wildman–Crippen MR) is 95.3 cm³/mol. The van der Waals surface area contributed by atoms with E-state index in [0.29, 0.717) is 18.9 Å². The number of ether oxygens (including phenoxy) is 1. The fourth-order valence-corrected chi connectivity index (χ4v) is 4.14. The van der Waals surface area contributed by atoms with E-state index in [4.69, 9.17) is 10.5 Å². The second kappa shape index (κ2) is 6.52. The maximum absolute atomic E-state index is 13.3. The summed E-state index contributed by atoms with van der Waals surface area (Å²) in [6.07, 6.45) is 5.96. The predicted octanol–water partition coefficient (Wildman–Crippen LogP) is 1.88. The zero-order valence-electron chi connectivity index (χ0n) is 14.5. The second-order valence-electron chi connectivity index (χ2n) is 6.96. The molecule has 2 aromatic rings. The summed E-state index contributed by atoms with van der Waals surface area (Å²) in [4.78, 5) is 15.2. The minimum atomic E-state index is 0.0639. The molecule has 1 aromatic heterocycles. The first-order valence-electron chi connectivity index (χ1n) is 8.89. The number of likely N-dealkylation sites (tertiary alicyclic amines) is 1. The smallest absolute Gasteiger partial charge is 0.254 e. The lowest BCUT2D eigenvalue weighted by atomic mass is 10.0. The second-order valence-corrected chi connectivity index (χ2v) is 6.96. The van der Waals surface area contributed by atoms with Crippen LogP contribution in [-0.4, -0.2) is 46.4 Å². The van der Waals surface area contributed by atoms with Crippen LogP contribution in [0.3, 0.4) is 0 Å². The molecule has 25 heavy (non-hydrogen) atoms. The van der Waals surface area contributed by atoms with Crippen LogP contribution in [0.5, 0.6) is 0 Å². The van der Waals surface area contributed by atoms with Crippen LogP contribution in [0.25, 0.3) is 0 Å². The maximum Gasteiger partial charge on any atom is 0.254 e. The number of hydrogen-bond acceptors (Lipinski definition) is 4. The molecule has 6 heteroatoms. The zero-order valence-corrected chi connectivity index (χ0v) is 14.5. The Morgan fingerprint density at radius 1 is 1.36 bits per heavy atom. The van der Waals surface area contributed by atoms with E-state index in [0.717, 1.165) is 31.2 Å². The van der Waals surface area contributed by atoms with Gasteiger partial charge < -0.3 is 15.4 Å². The Bertz CT molecular complexity index is 785.